The van der Waals surface area contributed by atoms with Gasteiger partial charge in [-0.3, -0.25) is 0 Å². The van der Waals surface area contributed by atoms with Gasteiger partial charge in [0.25, 0.3) is 0 Å². The van der Waals surface area contributed by atoms with Gasteiger partial charge < -0.3 is 15.2 Å². The molecule has 0 bridgehead atoms. The second-order valence-electron chi connectivity index (χ2n) is 4.30. The van der Waals surface area contributed by atoms with Gasteiger partial charge in [-0.05, 0) is 19.9 Å². The van der Waals surface area contributed by atoms with Crippen LogP contribution in [0, 0.1) is 0 Å². The summed E-state index contributed by atoms with van der Waals surface area (Å²) in [5, 5.41) is 8.47. The van der Waals surface area contributed by atoms with Gasteiger partial charge in [-0.25, -0.2) is 4.68 Å². The van der Waals surface area contributed by atoms with Gasteiger partial charge in [-0.2, -0.15) is 0 Å². The minimum atomic E-state index is -0.0487. The van der Waals surface area contributed by atoms with Crippen LogP contribution in [-0.2, 0) is 15.9 Å². The maximum Gasteiger partial charge on any atom is 0.0979 e. The van der Waals surface area contributed by atoms with Crippen LogP contribution in [0.1, 0.15) is 43.8 Å². The zero-order valence-electron chi connectivity index (χ0n) is 11.7. The Morgan fingerprint density at radius 1 is 1.39 bits per heavy atom. The van der Waals surface area contributed by atoms with Gasteiger partial charge in [-0.1, -0.05) is 12.1 Å². The molecule has 1 aromatic rings. The van der Waals surface area contributed by atoms with Crippen molar-refractivity contribution in [3.05, 3.63) is 11.4 Å². The van der Waals surface area contributed by atoms with E-state index in [1.54, 1.807) is 14.2 Å². The Labute approximate surface area is 108 Å². The molecule has 0 fully saturated rings. The maximum absolute atomic E-state index is 5.61. The second-order valence-corrected chi connectivity index (χ2v) is 4.30. The smallest absolute Gasteiger partial charge is 0.0979 e. The molecule has 18 heavy (non-hydrogen) atoms. The Morgan fingerprint density at radius 3 is 2.61 bits per heavy atom. The molecule has 104 valence electrons. The number of aromatic nitrogens is 3. The summed E-state index contributed by atoms with van der Waals surface area (Å²) in [6.07, 6.45) is 1.60. The molecule has 1 rings (SSSR count). The van der Waals surface area contributed by atoms with E-state index in [4.69, 9.17) is 15.2 Å². The van der Waals surface area contributed by atoms with Gasteiger partial charge in [-0.15, -0.1) is 5.10 Å². The summed E-state index contributed by atoms with van der Waals surface area (Å²) in [5.41, 5.74) is 7.53. The van der Waals surface area contributed by atoms with Crippen molar-refractivity contribution in [3.63, 3.8) is 0 Å². The number of hydrogen-bond acceptors (Lipinski definition) is 5. The molecule has 0 radical (unpaired) electrons. The Kier molecular flexibility index (Phi) is 6.24. The van der Waals surface area contributed by atoms with Crippen molar-refractivity contribution in [1.29, 1.82) is 0 Å². The monoisotopic (exact) mass is 256 g/mol. The minimum Gasteiger partial charge on any atom is -0.382 e. The first-order valence-electron chi connectivity index (χ1n) is 6.35. The van der Waals surface area contributed by atoms with Crippen molar-refractivity contribution >= 4 is 0 Å². The number of nitrogens with two attached hydrogens (primary N) is 1. The summed E-state index contributed by atoms with van der Waals surface area (Å²) < 4.78 is 12.6. The maximum atomic E-state index is 5.61. The quantitative estimate of drug-likeness (QED) is 0.753. The summed E-state index contributed by atoms with van der Waals surface area (Å²) in [6.45, 7) is 5.28. The molecule has 6 nitrogen and oxygen atoms in total. The first-order valence-corrected chi connectivity index (χ1v) is 6.35. The Balaban J connectivity index is 3.09. The van der Waals surface area contributed by atoms with Crippen molar-refractivity contribution in [2.24, 2.45) is 5.73 Å². The van der Waals surface area contributed by atoms with Crippen LogP contribution in [0.3, 0.4) is 0 Å². The van der Waals surface area contributed by atoms with E-state index in [1.165, 1.54) is 0 Å². The molecule has 1 heterocycles. The largest absolute Gasteiger partial charge is 0.382 e. The van der Waals surface area contributed by atoms with Crippen LogP contribution < -0.4 is 5.73 Å². The fraction of sp³-hybridized carbons (Fsp3) is 0.833. The third-order valence-corrected chi connectivity index (χ3v) is 3.10. The second kappa shape index (κ2) is 7.45. The van der Waals surface area contributed by atoms with Gasteiger partial charge in [0.1, 0.15) is 0 Å². The molecule has 0 spiro atoms. The molecule has 2 unspecified atom stereocenters. The normalized spacial score (nSPS) is 14.7. The molecular weight excluding hydrogens is 232 g/mol. The molecule has 0 aliphatic heterocycles. The molecule has 2 atom stereocenters. The lowest BCUT2D eigenvalue weighted by atomic mass is 10.1. The van der Waals surface area contributed by atoms with Crippen LogP contribution in [0.15, 0.2) is 0 Å². The topological polar surface area (TPSA) is 75.2 Å². The van der Waals surface area contributed by atoms with E-state index in [2.05, 4.69) is 17.2 Å². The molecule has 0 aliphatic rings. The zero-order chi connectivity index (χ0) is 13.5. The SMILES string of the molecule is CCC(COC)n1nnc(CCN)c1C(C)OC. The number of ether oxygens (including phenoxy) is 2. The van der Waals surface area contributed by atoms with E-state index < -0.39 is 0 Å². The van der Waals surface area contributed by atoms with Gasteiger partial charge in [0.15, 0.2) is 0 Å². The molecule has 0 saturated carbocycles. The lowest BCUT2D eigenvalue weighted by molar-refractivity contribution is 0.0987. The lowest BCUT2D eigenvalue weighted by Crippen LogP contribution is -2.20. The van der Waals surface area contributed by atoms with Crippen LogP contribution in [0.25, 0.3) is 0 Å². The molecule has 1 aromatic heterocycles. The molecule has 0 aromatic carbocycles. The van der Waals surface area contributed by atoms with E-state index in [1.807, 2.05) is 11.6 Å². The lowest BCUT2D eigenvalue weighted by Gasteiger charge is -2.20. The van der Waals surface area contributed by atoms with Crippen molar-refractivity contribution in [2.45, 2.75) is 38.8 Å². The summed E-state index contributed by atoms with van der Waals surface area (Å²) in [4.78, 5) is 0. The van der Waals surface area contributed by atoms with Gasteiger partial charge in [0, 0.05) is 20.6 Å². The van der Waals surface area contributed by atoms with E-state index in [0.29, 0.717) is 19.6 Å². The molecular formula is C12H24N4O2. The highest BCUT2D eigenvalue weighted by atomic mass is 16.5. The standard InChI is InChI=1S/C12H24N4O2/c1-5-10(8-17-3)16-12(9(2)18-4)11(6-7-13)14-15-16/h9-10H,5-8,13H2,1-4H3. The first-order chi connectivity index (χ1) is 8.69. The average molecular weight is 256 g/mol. The van der Waals surface area contributed by atoms with E-state index in [-0.39, 0.29) is 12.1 Å². The average Bonchev–Trinajstić information content (AvgIpc) is 2.79. The van der Waals surface area contributed by atoms with Crippen LogP contribution in [0.5, 0.6) is 0 Å². The summed E-state index contributed by atoms with van der Waals surface area (Å²) in [7, 11) is 3.38. The van der Waals surface area contributed by atoms with Crippen molar-refractivity contribution in [3.8, 4) is 0 Å². The first kappa shape index (κ1) is 15.1. The molecule has 0 saturated heterocycles. The molecule has 0 aliphatic carbocycles. The number of rotatable bonds is 8. The molecule has 6 heteroatoms. The number of nitrogens with zero attached hydrogens (tertiary/aromatic N) is 3. The van der Waals surface area contributed by atoms with E-state index in [9.17, 15) is 0 Å². The Hall–Kier alpha value is -0.980. The van der Waals surface area contributed by atoms with Gasteiger partial charge in [0.05, 0.1) is 30.1 Å². The van der Waals surface area contributed by atoms with Gasteiger partial charge >= 0.3 is 0 Å². The molecule has 0 amide bonds. The highest BCUT2D eigenvalue weighted by Crippen LogP contribution is 2.24. The van der Waals surface area contributed by atoms with Crippen molar-refractivity contribution < 1.29 is 9.47 Å². The van der Waals surface area contributed by atoms with Crippen LogP contribution in [0.2, 0.25) is 0 Å². The number of hydrogen-bond donors (Lipinski definition) is 1. The zero-order valence-corrected chi connectivity index (χ0v) is 11.7. The van der Waals surface area contributed by atoms with Crippen molar-refractivity contribution in [1.82, 2.24) is 15.0 Å². The molecule has 2 N–H and O–H groups in total. The van der Waals surface area contributed by atoms with Crippen LogP contribution in [-0.4, -0.2) is 42.4 Å². The summed E-state index contributed by atoms with van der Waals surface area (Å²) in [6, 6.07) is 0.182. The van der Waals surface area contributed by atoms with Gasteiger partial charge in [0.2, 0.25) is 0 Å². The predicted molar refractivity (Wildman–Crippen MR) is 69.4 cm³/mol. The minimum absolute atomic E-state index is 0.0487. The van der Waals surface area contributed by atoms with Crippen molar-refractivity contribution in [2.75, 3.05) is 27.4 Å². The van der Waals surface area contributed by atoms with Crippen LogP contribution >= 0.6 is 0 Å². The highest BCUT2D eigenvalue weighted by Gasteiger charge is 2.22. The Morgan fingerprint density at radius 2 is 2.11 bits per heavy atom. The fourth-order valence-corrected chi connectivity index (χ4v) is 2.00. The third kappa shape index (κ3) is 3.28. The van der Waals surface area contributed by atoms with Crippen LogP contribution in [0.4, 0.5) is 0 Å². The fourth-order valence-electron chi connectivity index (χ4n) is 2.00. The summed E-state index contributed by atoms with van der Waals surface area (Å²) in [5.74, 6) is 0. The van der Waals surface area contributed by atoms with E-state index in [0.717, 1.165) is 17.8 Å². The number of methoxy groups -OCH3 is 2. The Bertz CT molecular complexity index is 354. The highest BCUT2D eigenvalue weighted by molar-refractivity contribution is 5.14. The predicted octanol–water partition coefficient (Wildman–Crippen LogP) is 1.08. The van der Waals surface area contributed by atoms with E-state index >= 15 is 0 Å². The summed E-state index contributed by atoms with van der Waals surface area (Å²) >= 11 is 0. The third-order valence-electron chi connectivity index (χ3n) is 3.10.